The van der Waals surface area contributed by atoms with E-state index < -0.39 is 0 Å². The van der Waals surface area contributed by atoms with Crippen molar-refractivity contribution in [1.82, 2.24) is 10.2 Å². The van der Waals surface area contributed by atoms with E-state index in [-0.39, 0.29) is 16.5 Å². The van der Waals surface area contributed by atoms with Gasteiger partial charge in [0.25, 0.3) is 5.69 Å². The van der Waals surface area contributed by atoms with E-state index in [4.69, 9.17) is 0 Å². The number of rotatable bonds is 3. The average molecular weight is 344 g/mol. The third kappa shape index (κ3) is 3.14. The van der Waals surface area contributed by atoms with Crippen molar-refractivity contribution in [2.75, 3.05) is 31.1 Å². The number of carbonyl (C=O) groups is 1. The highest BCUT2D eigenvalue weighted by atomic mass is 16.6. The topological polar surface area (TPSA) is 78.7 Å². The fraction of sp³-hybridized carbons (Fsp3) is 0.611. The van der Waals surface area contributed by atoms with Gasteiger partial charge in [-0.25, -0.2) is 0 Å². The third-order valence-electron chi connectivity index (χ3n) is 5.79. The number of nitro benzene ring substituents is 1. The van der Waals surface area contributed by atoms with Gasteiger partial charge in [0.1, 0.15) is 5.69 Å². The number of hydrogen-bond acceptors (Lipinski definition) is 5. The first-order chi connectivity index (χ1) is 12.1. The van der Waals surface area contributed by atoms with Gasteiger partial charge in [-0.05, 0) is 43.0 Å². The van der Waals surface area contributed by atoms with Gasteiger partial charge in [0, 0.05) is 44.7 Å². The molecule has 0 bridgehead atoms. The molecule has 134 valence electrons. The molecule has 1 amide bonds. The van der Waals surface area contributed by atoms with Gasteiger partial charge >= 0.3 is 0 Å². The van der Waals surface area contributed by atoms with E-state index in [1.165, 1.54) is 19.3 Å². The van der Waals surface area contributed by atoms with Crippen LogP contribution in [0.2, 0.25) is 0 Å². The van der Waals surface area contributed by atoms with Crippen LogP contribution in [0.1, 0.15) is 36.8 Å². The normalized spacial score (nSPS) is 22.2. The Hall–Kier alpha value is -1.99. The molecule has 1 aromatic carbocycles. The molecule has 1 aliphatic carbocycles. The lowest BCUT2D eigenvalue weighted by Crippen LogP contribution is -2.42. The molecule has 1 aromatic rings. The number of nitrogens with one attached hydrogen (secondary N) is 1. The fourth-order valence-corrected chi connectivity index (χ4v) is 4.08. The Morgan fingerprint density at radius 1 is 1.12 bits per heavy atom. The zero-order chi connectivity index (χ0) is 17.4. The summed E-state index contributed by atoms with van der Waals surface area (Å²) in [5.41, 5.74) is 2.62. The molecule has 2 aliphatic heterocycles. The Bertz CT molecular complexity index is 702. The van der Waals surface area contributed by atoms with Gasteiger partial charge in [0.05, 0.1) is 4.92 Å². The van der Waals surface area contributed by atoms with Crippen LogP contribution in [-0.4, -0.2) is 48.0 Å². The molecule has 1 saturated carbocycles. The molecular weight excluding hydrogens is 320 g/mol. The molecule has 4 rings (SSSR count). The predicted molar refractivity (Wildman–Crippen MR) is 94.7 cm³/mol. The highest BCUT2D eigenvalue weighted by Gasteiger charge is 2.32. The van der Waals surface area contributed by atoms with Crippen LogP contribution in [0.4, 0.5) is 11.4 Å². The summed E-state index contributed by atoms with van der Waals surface area (Å²) in [6.45, 7) is 3.63. The van der Waals surface area contributed by atoms with Gasteiger partial charge in [-0.15, -0.1) is 0 Å². The molecule has 1 N–H and O–H groups in total. The van der Waals surface area contributed by atoms with Crippen molar-refractivity contribution in [3.8, 4) is 0 Å². The molecule has 2 heterocycles. The maximum atomic E-state index is 12.7. The number of fused-ring (bicyclic) bond motifs is 1. The molecule has 25 heavy (non-hydrogen) atoms. The molecule has 7 heteroatoms. The largest absolute Gasteiger partial charge is 0.312 e. The van der Waals surface area contributed by atoms with Crippen LogP contribution in [-0.2, 0) is 17.8 Å². The smallest absolute Gasteiger partial charge is 0.293 e. The summed E-state index contributed by atoms with van der Waals surface area (Å²) in [6, 6.07) is 4.12. The van der Waals surface area contributed by atoms with E-state index in [9.17, 15) is 14.9 Å². The summed E-state index contributed by atoms with van der Waals surface area (Å²) in [5.74, 6) is -0.00589. The first-order valence-electron chi connectivity index (χ1n) is 9.19. The van der Waals surface area contributed by atoms with Crippen LogP contribution >= 0.6 is 0 Å². The van der Waals surface area contributed by atoms with Crippen LogP contribution in [0.25, 0.3) is 0 Å². The van der Waals surface area contributed by atoms with E-state index in [0.29, 0.717) is 31.2 Å². The van der Waals surface area contributed by atoms with E-state index in [1.807, 2.05) is 6.07 Å². The molecular formula is C18H24N4O3. The lowest BCUT2D eigenvalue weighted by Gasteiger charge is -2.36. The van der Waals surface area contributed by atoms with Crippen LogP contribution in [0.15, 0.2) is 12.1 Å². The van der Waals surface area contributed by atoms with Crippen molar-refractivity contribution in [1.29, 1.82) is 0 Å². The number of benzene rings is 1. The molecule has 2 fully saturated rings. The number of nitrogens with zero attached hydrogens (tertiary/aromatic N) is 3. The SMILES string of the molecule is O=C1CCN(C2CCC2)CCN1c1cc2c(cc1[N+](=O)[O-])CCNC2. The van der Waals surface area contributed by atoms with Crippen LogP contribution in [0.3, 0.4) is 0 Å². The van der Waals surface area contributed by atoms with Gasteiger partial charge < -0.3 is 10.2 Å². The van der Waals surface area contributed by atoms with E-state index >= 15 is 0 Å². The molecule has 1 saturated heterocycles. The number of nitro groups is 1. The van der Waals surface area contributed by atoms with Crippen LogP contribution < -0.4 is 10.2 Å². The fourth-order valence-electron chi connectivity index (χ4n) is 4.08. The summed E-state index contributed by atoms with van der Waals surface area (Å²) >= 11 is 0. The molecule has 0 radical (unpaired) electrons. The van der Waals surface area contributed by atoms with Crippen molar-refractivity contribution in [2.45, 2.75) is 44.7 Å². The van der Waals surface area contributed by atoms with Gasteiger partial charge in [0.15, 0.2) is 0 Å². The average Bonchev–Trinajstić information content (AvgIpc) is 2.74. The second-order valence-corrected chi connectivity index (χ2v) is 7.21. The molecule has 0 aromatic heterocycles. The van der Waals surface area contributed by atoms with E-state index in [0.717, 1.165) is 37.2 Å². The van der Waals surface area contributed by atoms with Crippen molar-refractivity contribution in [3.63, 3.8) is 0 Å². The maximum Gasteiger partial charge on any atom is 0.293 e. The quantitative estimate of drug-likeness (QED) is 0.668. The zero-order valence-corrected chi connectivity index (χ0v) is 14.4. The Morgan fingerprint density at radius 3 is 2.68 bits per heavy atom. The zero-order valence-electron chi connectivity index (χ0n) is 14.4. The van der Waals surface area contributed by atoms with Gasteiger partial charge in [0.2, 0.25) is 5.91 Å². The molecule has 0 unspecified atom stereocenters. The van der Waals surface area contributed by atoms with Gasteiger partial charge in [-0.2, -0.15) is 0 Å². The minimum atomic E-state index is -0.348. The van der Waals surface area contributed by atoms with Crippen LogP contribution in [0.5, 0.6) is 0 Å². The lowest BCUT2D eigenvalue weighted by molar-refractivity contribution is -0.384. The standard InChI is InChI=1S/C18H24N4O3/c23-18-5-7-20(15-2-1-3-15)8-9-21(18)16-11-14-12-19-6-4-13(14)10-17(16)22(24)25/h10-11,15,19H,1-9,12H2. The maximum absolute atomic E-state index is 12.7. The van der Waals surface area contributed by atoms with Crippen LogP contribution in [0, 0.1) is 10.1 Å². The lowest BCUT2D eigenvalue weighted by atomic mass is 9.91. The van der Waals surface area contributed by atoms with Gasteiger partial charge in [-0.1, -0.05) is 6.42 Å². The first kappa shape index (κ1) is 16.5. The summed E-state index contributed by atoms with van der Waals surface area (Å²) in [5, 5.41) is 14.9. The molecule has 7 nitrogen and oxygen atoms in total. The van der Waals surface area contributed by atoms with Crippen molar-refractivity contribution >= 4 is 17.3 Å². The number of amides is 1. The predicted octanol–water partition coefficient (Wildman–Crippen LogP) is 1.83. The second kappa shape index (κ2) is 6.72. The minimum absolute atomic E-state index is 0.00589. The summed E-state index contributed by atoms with van der Waals surface area (Å²) in [4.78, 5) is 28.0. The molecule has 3 aliphatic rings. The Balaban J connectivity index is 1.64. The Morgan fingerprint density at radius 2 is 1.96 bits per heavy atom. The Labute approximate surface area is 147 Å². The summed E-state index contributed by atoms with van der Waals surface area (Å²) in [7, 11) is 0. The monoisotopic (exact) mass is 344 g/mol. The van der Waals surface area contributed by atoms with Gasteiger partial charge in [-0.3, -0.25) is 19.8 Å². The van der Waals surface area contributed by atoms with E-state index in [2.05, 4.69) is 10.2 Å². The highest BCUT2D eigenvalue weighted by Crippen LogP contribution is 2.34. The third-order valence-corrected chi connectivity index (χ3v) is 5.79. The first-order valence-corrected chi connectivity index (χ1v) is 9.19. The number of anilines is 1. The Kier molecular flexibility index (Phi) is 4.43. The van der Waals surface area contributed by atoms with E-state index in [1.54, 1.807) is 11.0 Å². The molecule has 0 spiro atoms. The summed E-state index contributed by atoms with van der Waals surface area (Å²) in [6.07, 6.45) is 4.91. The number of hydrogen-bond donors (Lipinski definition) is 1. The highest BCUT2D eigenvalue weighted by molar-refractivity contribution is 5.96. The number of carbonyl (C=O) groups excluding carboxylic acids is 1. The molecule has 0 atom stereocenters. The van der Waals surface area contributed by atoms with Crippen molar-refractivity contribution in [2.24, 2.45) is 0 Å². The summed E-state index contributed by atoms with van der Waals surface area (Å²) < 4.78 is 0. The second-order valence-electron chi connectivity index (χ2n) is 7.21. The van der Waals surface area contributed by atoms with Crippen molar-refractivity contribution in [3.05, 3.63) is 33.4 Å². The van der Waals surface area contributed by atoms with Crippen molar-refractivity contribution < 1.29 is 9.72 Å². The minimum Gasteiger partial charge on any atom is -0.312 e.